The molecule has 2 amide bonds. The van der Waals surface area contributed by atoms with Crippen LogP contribution in [0, 0.1) is 0 Å². The second kappa shape index (κ2) is 9.22. The van der Waals surface area contributed by atoms with Gasteiger partial charge in [-0.1, -0.05) is 18.2 Å². The number of para-hydroxylation sites is 2. The van der Waals surface area contributed by atoms with Crippen molar-refractivity contribution in [1.29, 1.82) is 0 Å². The summed E-state index contributed by atoms with van der Waals surface area (Å²) in [5, 5.41) is 4.82. The molecule has 0 aliphatic carbocycles. The second-order valence-corrected chi connectivity index (χ2v) is 6.94. The van der Waals surface area contributed by atoms with Crippen molar-refractivity contribution in [3.8, 4) is 5.75 Å². The normalized spacial score (nSPS) is 10.6. The standard InChI is InChI=1S/C19H24N2O3S/c1-14(2)24-18-9-5-4-8-17(18)21(15(3)22)11-10-20-19(23)13-16-7-6-12-25-16/h4-9,12,14H,10-11,13H2,1-3H3,(H,20,23). The van der Waals surface area contributed by atoms with E-state index in [9.17, 15) is 9.59 Å². The molecule has 1 aromatic heterocycles. The summed E-state index contributed by atoms with van der Waals surface area (Å²) in [4.78, 5) is 26.7. The molecule has 0 aliphatic heterocycles. The number of carbonyl (C=O) groups is 2. The molecule has 5 nitrogen and oxygen atoms in total. The monoisotopic (exact) mass is 360 g/mol. The van der Waals surface area contributed by atoms with Crippen molar-refractivity contribution in [2.45, 2.75) is 33.3 Å². The Morgan fingerprint density at radius 2 is 1.96 bits per heavy atom. The Morgan fingerprint density at radius 3 is 2.60 bits per heavy atom. The third-order valence-corrected chi connectivity index (χ3v) is 4.35. The van der Waals surface area contributed by atoms with Crippen LogP contribution in [0.4, 0.5) is 5.69 Å². The maximum absolute atomic E-state index is 12.1. The zero-order valence-electron chi connectivity index (χ0n) is 14.8. The van der Waals surface area contributed by atoms with Crippen LogP contribution in [-0.4, -0.2) is 31.0 Å². The smallest absolute Gasteiger partial charge is 0.225 e. The molecule has 0 radical (unpaired) electrons. The number of anilines is 1. The van der Waals surface area contributed by atoms with E-state index in [0.29, 0.717) is 25.3 Å². The van der Waals surface area contributed by atoms with Crippen molar-refractivity contribution in [1.82, 2.24) is 5.32 Å². The predicted molar refractivity (Wildman–Crippen MR) is 101 cm³/mol. The first-order chi connectivity index (χ1) is 12.0. The highest BCUT2D eigenvalue weighted by Crippen LogP contribution is 2.28. The number of nitrogens with one attached hydrogen (secondary N) is 1. The van der Waals surface area contributed by atoms with Crippen LogP contribution in [0.5, 0.6) is 5.75 Å². The Labute approximate surface area is 152 Å². The van der Waals surface area contributed by atoms with Gasteiger partial charge in [0.25, 0.3) is 0 Å². The van der Waals surface area contributed by atoms with Gasteiger partial charge >= 0.3 is 0 Å². The van der Waals surface area contributed by atoms with Gasteiger partial charge in [0.05, 0.1) is 18.2 Å². The van der Waals surface area contributed by atoms with E-state index in [1.807, 2.05) is 55.6 Å². The van der Waals surface area contributed by atoms with Gasteiger partial charge in [0, 0.05) is 24.9 Å². The van der Waals surface area contributed by atoms with E-state index in [2.05, 4.69) is 5.32 Å². The van der Waals surface area contributed by atoms with Crippen LogP contribution in [0.3, 0.4) is 0 Å². The third-order valence-electron chi connectivity index (χ3n) is 3.47. The van der Waals surface area contributed by atoms with E-state index in [-0.39, 0.29) is 17.9 Å². The van der Waals surface area contributed by atoms with E-state index in [4.69, 9.17) is 4.74 Å². The average Bonchev–Trinajstić information content (AvgIpc) is 3.04. The summed E-state index contributed by atoms with van der Waals surface area (Å²) in [7, 11) is 0. The third kappa shape index (κ3) is 5.90. The van der Waals surface area contributed by atoms with Crippen molar-refractivity contribution < 1.29 is 14.3 Å². The first-order valence-electron chi connectivity index (χ1n) is 8.30. The van der Waals surface area contributed by atoms with Crippen molar-refractivity contribution in [3.05, 3.63) is 46.7 Å². The van der Waals surface area contributed by atoms with Gasteiger partial charge in [-0.15, -0.1) is 11.3 Å². The van der Waals surface area contributed by atoms with Gasteiger partial charge in [-0.05, 0) is 37.4 Å². The molecule has 0 spiro atoms. The SMILES string of the molecule is CC(=O)N(CCNC(=O)Cc1cccs1)c1ccccc1OC(C)C. The van der Waals surface area contributed by atoms with Crippen LogP contribution < -0.4 is 15.0 Å². The molecule has 2 rings (SSSR count). The Kier molecular flexibility index (Phi) is 7.01. The highest BCUT2D eigenvalue weighted by atomic mass is 32.1. The number of nitrogens with zero attached hydrogens (tertiary/aromatic N) is 1. The van der Waals surface area contributed by atoms with E-state index in [0.717, 1.165) is 10.6 Å². The summed E-state index contributed by atoms with van der Waals surface area (Å²) in [5.74, 6) is 0.530. The number of benzene rings is 1. The molecule has 1 heterocycles. The van der Waals surface area contributed by atoms with Gasteiger partial charge in [0.1, 0.15) is 5.75 Å². The van der Waals surface area contributed by atoms with Crippen LogP contribution in [0.1, 0.15) is 25.6 Å². The summed E-state index contributed by atoms with van der Waals surface area (Å²) >= 11 is 1.56. The van der Waals surface area contributed by atoms with E-state index >= 15 is 0 Å². The zero-order chi connectivity index (χ0) is 18.2. The molecule has 2 aromatic rings. The molecule has 0 bridgehead atoms. The lowest BCUT2D eigenvalue weighted by molar-refractivity contribution is -0.120. The zero-order valence-corrected chi connectivity index (χ0v) is 15.6. The van der Waals surface area contributed by atoms with Gasteiger partial charge in [-0.3, -0.25) is 9.59 Å². The Hall–Kier alpha value is -2.34. The van der Waals surface area contributed by atoms with E-state index in [1.165, 1.54) is 6.92 Å². The minimum atomic E-state index is -0.0905. The number of ether oxygens (including phenoxy) is 1. The second-order valence-electron chi connectivity index (χ2n) is 5.91. The lowest BCUT2D eigenvalue weighted by Gasteiger charge is -2.24. The highest BCUT2D eigenvalue weighted by Gasteiger charge is 2.17. The number of rotatable bonds is 8. The number of hydrogen-bond acceptors (Lipinski definition) is 4. The van der Waals surface area contributed by atoms with Crippen molar-refractivity contribution in [2.75, 3.05) is 18.0 Å². The first kappa shape index (κ1) is 19.0. The molecular weight excluding hydrogens is 336 g/mol. The summed E-state index contributed by atoms with van der Waals surface area (Å²) in [6.07, 6.45) is 0.380. The van der Waals surface area contributed by atoms with Crippen LogP contribution in [0.2, 0.25) is 0 Å². The Balaban J connectivity index is 1.97. The Bertz CT molecular complexity index is 698. The lowest BCUT2D eigenvalue weighted by Crippen LogP contribution is -2.38. The van der Waals surface area contributed by atoms with Crippen molar-refractivity contribution >= 4 is 28.8 Å². The van der Waals surface area contributed by atoms with Crippen molar-refractivity contribution in [2.24, 2.45) is 0 Å². The van der Waals surface area contributed by atoms with Crippen LogP contribution in [0.15, 0.2) is 41.8 Å². The maximum Gasteiger partial charge on any atom is 0.225 e. The lowest BCUT2D eigenvalue weighted by atomic mass is 10.2. The molecule has 0 atom stereocenters. The highest BCUT2D eigenvalue weighted by molar-refractivity contribution is 7.10. The van der Waals surface area contributed by atoms with Crippen LogP contribution >= 0.6 is 11.3 Å². The molecule has 1 aromatic carbocycles. The minimum Gasteiger partial charge on any atom is -0.489 e. The molecule has 0 saturated carbocycles. The van der Waals surface area contributed by atoms with Crippen LogP contribution in [0.25, 0.3) is 0 Å². The maximum atomic E-state index is 12.1. The fourth-order valence-electron chi connectivity index (χ4n) is 2.42. The molecule has 1 N–H and O–H groups in total. The van der Waals surface area contributed by atoms with Crippen molar-refractivity contribution in [3.63, 3.8) is 0 Å². The Morgan fingerprint density at radius 1 is 1.20 bits per heavy atom. The molecule has 6 heteroatoms. The van der Waals surface area contributed by atoms with Gasteiger partial charge in [-0.2, -0.15) is 0 Å². The summed E-state index contributed by atoms with van der Waals surface area (Å²) in [5.41, 5.74) is 0.719. The number of hydrogen-bond donors (Lipinski definition) is 1. The minimum absolute atomic E-state index is 0.0143. The average molecular weight is 360 g/mol. The predicted octanol–water partition coefficient (Wildman–Crippen LogP) is 3.25. The topological polar surface area (TPSA) is 58.6 Å². The van der Waals surface area contributed by atoms with Gasteiger partial charge < -0.3 is 15.0 Å². The van der Waals surface area contributed by atoms with Gasteiger partial charge in [0.2, 0.25) is 11.8 Å². The number of carbonyl (C=O) groups excluding carboxylic acids is 2. The van der Waals surface area contributed by atoms with Gasteiger partial charge in [-0.25, -0.2) is 0 Å². The first-order valence-corrected chi connectivity index (χ1v) is 9.18. The number of amides is 2. The number of thiophene rings is 1. The van der Waals surface area contributed by atoms with Gasteiger partial charge in [0.15, 0.2) is 0 Å². The fourth-order valence-corrected chi connectivity index (χ4v) is 3.13. The van der Waals surface area contributed by atoms with E-state index in [1.54, 1.807) is 16.2 Å². The molecule has 0 unspecified atom stereocenters. The van der Waals surface area contributed by atoms with E-state index < -0.39 is 0 Å². The largest absolute Gasteiger partial charge is 0.489 e. The fraction of sp³-hybridized carbons (Fsp3) is 0.368. The quantitative estimate of drug-likeness (QED) is 0.786. The molecule has 0 fully saturated rings. The molecular formula is C19H24N2O3S. The summed E-state index contributed by atoms with van der Waals surface area (Å²) < 4.78 is 5.79. The summed E-state index contributed by atoms with van der Waals surface area (Å²) in [6, 6.07) is 11.3. The molecule has 0 saturated heterocycles. The molecule has 134 valence electrons. The molecule has 25 heavy (non-hydrogen) atoms. The van der Waals surface area contributed by atoms with Crippen LogP contribution in [-0.2, 0) is 16.0 Å². The summed E-state index contributed by atoms with van der Waals surface area (Å²) in [6.45, 7) is 6.18. The molecule has 0 aliphatic rings.